The van der Waals surface area contributed by atoms with Gasteiger partial charge in [-0.1, -0.05) is 26.0 Å². The van der Waals surface area contributed by atoms with Crippen LogP contribution in [-0.2, 0) is 13.1 Å². The van der Waals surface area contributed by atoms with E-state index in [2.05, 4.69) is 48.6 Å². The first-order chi connectivity index (χ1) is 11.5. The highest BCUT2D eigenvalue weighted by atomic mass is 35.5. The number of rotatable bonds is 5. The standard InChI is InChI=1S/C20H24FN3.ClH/c1-13(2)12-24-15(4)14(3)18-9-10-22-20(19(18)24)23-11-16-5-7-17(21)8-6-16;/h5-10,13H,11-12H2,1-4H3,(H,22,23);1H. The van der Waals surface area contributed by atoms with Crippen molar-refractivity contribution in [2.75, 3.05) is 5.32 Å². The molecule has 0 unspecified atom stereocenters. The van der Waals surface area contributed by atoms with E-state index in [1.807, 2.05) is 6.20 Å². The molecule has 1 N–H and O–H groups in total. The van der Waals surface area contributed by atoms with Gasteiger partial charge in [-0.3, -0.25) is 0 Å². The van der Waals surface area contributed by atoms with E-state index < -0.39 is 0 Å². The summed E-state index contributed by atoms with van der Waals surface area (Å²) in [6.07, 6.45) is 1.85. The molecule has 0 aliphatic heterocycles. The van der Waals surface area contributed by atoms with Crippen LogP contribution >= 0.6 is 12.4 Å². The van der Waals surface area contributed by atoms with Gasteiger partial charge in [-0.05, 0) is 49.1 Å². The minimum Gasteiger partial charge on any atom is -0.364 e. The van der Waals surface area contributed by atoms with Crippen LogP contribution in [0.15, 0.2) is 36.5 Å². The Morgan fingerprint density at radius 3 is 2.44 bits per heavy atom. The van der Waals surface area contributed by atoms with Crippen LogP contribution in [0.25, 0.3) is 10.9 Å². The fraction of sp³-hybridized carbons (Fsp3) is 0.350. The lowest BCUT2D eigenvalue weighted by atomic mass is 10.2. The lowest BCUT2D eigenvalue weighted by Gasteiger charge is -2.14. The van der Waals surface area contributed by atoms with E-state index in [1.165, 1.54) is 28.8 Å². The second kappa shape index (κ2) is 7.87. The Hall–Kier alpha value is -2.07. The molecular formula is C20H25ClFN3. The summed E-state index contributed by atoms with van der Waals surface area (Å²) in [7, 11) is 0. The van der Waals surface area contributed by atoms with E-state index in [-0.39, 0.29) is 18.2 Å². The van der Waals surface area contributed by atoms with Crippen LogP contribution < -0.4 is 5.32 Å². The van der Waals surface area contributed by atoms with Crippen LogP contribution in [0.1, 0.15) is 30.7 Å². The molecule has 3 nitrogen and oxygen atoms in total. The first kappa shape index (κ1) is 19.3. The molecule has 0 saturated carbocycles. The molecule has 0 spiro atoms. The molecule has 2 aromatic heterocycles. The summed E-state index contributed by atoms with van der Waals surface area (Å²) in [6.45, 7) is 10.4. The number of fused-ring (bicyclic) bond motifs is 1. The Bertz CT molecular complexity index is 853. The van der Waals surface area contributed by atoms with E-state index in [1.54, 1.807) is 12.1 Å². The lowest BCUT2D eigenvalue weighted by Crippen LogP contribution is -2.09. The summed E-state index contributed by atoms with van der Waals surface area (Å²) in [5.41, 5.74) is 4.78. The predicted octanol–water partition coefficient (Wildman–Crippen LogP) is 5.48. The summed E-state index contributed by atoms with van der Waals surface area (Å²) in [4.78, 5) is 4.56. The third-order valence-electron chi connectivity index (χ3n) is 4.47. The van der Waals surface area contributed by atoms with Crippen LogP contribution in [0, 0.1) is 25.6 Å². The lowest BCUT2D eigenvalue weighted by molar-refractivity contribution is 0.527. The SMILES string of the molecule is Cc1c(C)n(CC(C)C)c2c(NCc3ccc(F)cc3)nccc12.Cl. The van der Waals surface area contributed by atoms with E-state index in [9.17, 15) is 4.39 Å². The van der Waals surface area contributed by atoms with Gasteiger partial charge in [0.1, 0.15) is 5.82 Å². The first-order valence-corrected chi connectivity index (χ1v) is 8.40. The second-order valence-corrected chi connectivity index (χ2v) is 6.75. The summed E-state index contributed by atoms with van der Waals surface area (Å²) in [5, 5.41) is 4.66. The smallest absolute Gasteiger partial charge is 0.150 e. The first-order valence-electron chi connectivity index (χ1n) is 8.40. The third kappa shape index (κ3) is 3.96. The topological polar surface area (TPSA) is 29.9 Å². The van der Waals surface area contributed by atoms with Crippen LogP contribution in [0.5, 0.6) is 0 Å². The predicted molar refractivity (Wildman–Crippen MR) is 105 cm³/mol. The number of hydrogen-bond donors (Lipinski definition) is 1. The molecule has 0 saturated heterocycles. The Labute approximate surface area is 154 Å². The minimum atomic E-state index is -0.212. The normalized spacial score (nSPS) is 11.0. The molecule has 0 aliphatic carbocycles. The Morgan fingerprint density at radius 1 is 1.12 bits per heavy atom. The van der Waals surface area contributed by atoms with E-state index in [0.29, 0.717) is 12.5 Å². The minimum absolute atomic E-state index is 0. The summed E-state index contributed by atoms with van der Waals surface area (Å²) < 4.78 is 15.4. The maximum absolute atomic E-state index is 13.0. The fourth-order valence-electron chi connectivity index (χ4n) is 3.11. The van der Waals surface area contributed by atoms with Gasteiger partial charge in [-0.25, -0.2) is 9.37 Å². The molecule has 25 heavy (non-hydrogen) atoms. The highest BCUT2D eigenvalue weighted by molar-refractivity contribution is 5.93. The number of anilines is 1. The number of nitrogens with one attached hydrogen (secondary N) is 1. The number of nitrogens with zero attached hydrogens (tertiary/aromatic N) is 2. The zero-order chi connectivity index (χ0) is 17.3. The molecule has 0 bridgehead atoms. The molecule has 3 aromatic rings. The zero-order valence-corrected chi connectivity index (χ0v) is 16.0. The fourth-order valence-corrected chi connectivity index (χ4v) is 3.11. The monoisotopic (exact) mass is 361 g/mol. The van der Waals surface area contributed by atoms with E-state index >= 15 is 0 Å². The average Bonchev–Trinajstić information content (AvgIpc) is 2.80. The highest BCUT2D eigenvalue weighted by Crippen LogP contribution is 2.30. The van der Waals surface area contributed by atoms with Gasteiger partial charge in [0.05, 0.1) is 5.52 Å². The van der Waals surface area contributed by atoms with Crippen LogP contribution in [-0.4, -0.2) is 9.55 Å². The van der Waals surface area contributed by atoms with Crippen molar-refractivity contribution in [2.45, 2.75) is 40.8 Å². The second-order valence-electron chi connectivity index (χ2n) is 6.75. The van der Waals surface area contributed by atoms with Gasteiger partial charge in [0.2, 0.25) is 0 Å². The number of pyridine rings is 1. The van der Waals surface area contributed by atoms with Gasteiger partial charge in [0.25, 0.3) is 0 Å². The molecule has 2 heterocycles. The van der Waals surface area contributed by atoms with Crippen LogP contribution in [0.2, 0.25) is 0 Å². The Kier molecular flexibility index (Phi) is 6.07. The molecule has 134 valence electrons. The Balaban J connectivity index is 0.00000225. The van der Waals surface area contributed by atoms with Crippen LogP contribution in [0.3, 0.4) is 0 Å². The molecular weight excluding hydrogens is 337 g/mol. The average molecular weight is 362 g/mol. The molecule has 0 radical (unpaired) electrons. The van der Waals surface area contributed by atoms with Crippen molar-refractivity contribution in [1.29, 1.82) is 0 Å². The van der Waals surface area contributed by atoms with Gasteiger partial charge in [0, 0.05) is 30.4 Å². The van der Waals surface area contributed by atoms with Crippen molar-refractivity contribution in [3.63, 3.8) is 0 Å². The third-order valence-corrected chi connectivity index (χ3v) is 4.47. The molecule has 0 fully saturated rings. The molecule has 1 aromatic carbocycles. The van der Waals surface area contributed by atoms with Crippen molar-refractivity contribution in [3.8, 4) is 0 Å². The highest BCUT2D eigenvalue weighted by Gasteiger charge is 2.15. The molecule has 3 rings (SSSR count). The molecule has 0 atom stereocenters. The van der Waals surface area contributed by atoms with Gasteiger partial charge in [-0.15, -0.1) is 12.4 Å². The van der Waals surface area contributed by atoms with Crippen molar-refractivity contribution >= 4 is 29.1 Å². The van der Waals surface area contributed by atoms with Gasteiger partial charge in [0.15, 0.2) is 5.82 Å². The summed E-state index contributed by atoms with van der Waals surface area (Å²) >= 11 is 0. The molecule has 0 amide bonds. The maximum atomic E-state index is 13.0. The van der Waals surface area contributed by atoms with Crippen molar-refractivity contribution in [3.05, 3.63) is 59.2 Å². The molecule has 0 aliphatic rings. The number of aromatic nitrogens is 2. The van der Waals surface area contributed by atoms with Crippen molar-refractivity contribution in [2.24, 2.45) is 5.92 Å². The van der Waals surface area contributed by atoms with Crippen molar-refractivity contribution < 1.29 is 4.39 Å². The number of aryl methyl sites for hydroxylation is 1. The van der Waals surface area contributed by atoms with Gasteiger partial charge >= 0.3 is 0 Å². The zero-order valence-electron chi connectivity index (χ0n) is 15.1. The Morgan fingerprint density at radius 2 is 1.80 bits per heavy atom. The summed E-state index contributed by atoms with van der Waals surface area (Å²) in [6, 6.07) is 8.65. The van der Waals surface area contributed by atoms with E-state index in [4.69, 9.17) is 0 Å². The van der Waals surface area contributed by atoms with Gasteiger partial charge < -0.3 is 9.88 Å². The van der Waals surface area contributed by atoms with Gasteiger partial charge in [-0.2, -0.15) is 0 Å². The number of benzene rings is 1. The van der Waals surface area contributed by atoms with Crippen LogP contribution in [0.4, 0.5) is 10.2 Å². The maximum Gasteiger partial charge on any atom is 0.150 e. The van der Waals surface area contributed by atoms with Crippen molar-refractivity contribution in [1.82, 2.24) is 9.55 Å². The molecule has 5 heteroatoms. The quantitative estimate of drug-likeness (QED) is 0.651. The van der Waals surface area contributed by atoms with E-state index in [0.717, 1.165) is 23.4 Å². The summed E-state index contributed by atoms with van der Waals surface area (Å²) in [5.74, 6) is 1.23. The number of hydrogen-bond acceptors (Lipinski definition) is 2. The number of halogens is 2. The largest absolute Gasteiger partial charge is 0.364 e.